The Morgan fingerprint density at radius 3 is 2.41 bits per heavy atom. The first-order chi connectivity index (χ1) is 12.6. The molecule has 0 aromatic heterocycles. The molecule has 1 heterocycles. The zero-order valence-electron chi connectivity index (χ0n) is 16.6. The zero-order valence-corrected chi connectivity index (χ0v) is 17.5. The van der Waals surface area contributed by atoms with Crippen LogP contribution in [0.2, 0.25) is 0 Å². The molecule has 154 valence electrons. The van der Waals surface area contributed by atoms with E-state index in [1.807, 2.05) is 13.8 Å². The van der Waals surface area contributed by atoms with Crippen LogP contribution < -0.4 is 5.32 Å². The van der Waals surface area contributed by atoms with Crippen LogP contribution in [0.15, 0.2) is 0 Å². The van der Waals surface area contributed by atoms with Gasteiger partial charge in [0.2, 0.25) is 25.1 Å². The normalized spacial score (nSPS) is 28.5. The lowest BCUT2D eigenvalue weighted by molar-refractivity contribution is -0.141. The number of amides is 3. The standard InChI is InChI=1S/C19H33N2O5P/c1-4-27(25,26)10-9-20-18(23)15-7-5-14(6-8-15)12-21-17(22)11-16(13(2)3)19(21)24/h13-16H,4-12H2,1-3H3,(H,20,23)(H,25,26). The summed E-state index contributed by atoms with van der Waals surface area (Å²) in [6.07, 6.45) is 3.74. The quantitative estimate of drug-likeness (QED) is 0.480. The van der Waals surface area contributed by atoms with E-state index in [1.165, 1.54) is 4.90 Å². The second-order valence-corrected chi connectivity index (χ2v) is 11.1. The van der Waals surface area contributed by atoms with Gasteiger partial charge in [0.1, 0.15) is 0 Å². The van der Waals surface area contributed by atoms with Gasteiger partial charge < -0.3 is 10.2 Å². The van der Waals surface area contributed by atoms with Crippen molar-refractivity contribution in [3.8, 4) is 0 Å². The summed E-state index contributed by atoms with van der Waals surface area (Å²) in [7, 11) is -3.11. The van der Waals surface area contributed by atoms with Crippen molar-refractivity contribution < 1.29 is 23.8 Å². The third kappa shape index (κ3) is 5.89. The van der Waals surface area contributed by atoms with Crippen LogP contribution in [0.1, 0.15) is 52.9 Å². The molecule has 27 heavy (non-hydrogen) atoms. The maximum absolute atomic E-state index is 12.4. The molecule has 2 unspecified atom stereocenters. The molecule has 1 saturated heterocycles. The Bertz CT molecular complexity index is 613. The molecule has 2 rings (SSSR count). The third-order valence-corrected chi connectivity index (χ3v) is 7.91. The van der Waals surface area contributed by atoms with E-state index in [-0.39, 0.29) is 60.3 Å². The molecule has 0 radical (unpaired) electrons. The van der Waals surface area contributed by atoms with Gasteiger partial charge in [0.15, 0.2) is 0 Å². The Labute approximate surface area is 161 Å². The van der Waals surface area contributed by atoms with Crippen LogP contribution in [0.25, 0.3) is 0 Å². The van der Waals surface area contributed by atoms with E-state index in [9.17, 15) is 23.8 Å². The summed E-state index contributed by atoms with van der Waals surface area (Å²) in [6, 6.07) is 0. The molecule has 3 amide bonds. The predicted molar refractivity (Wildman–Crippen MR) is 103 cm³/mol. The molecule has 2 aliphatic rings. The van der Waals surface area contributed by atoms with E-state index in [2.05, 4.69) is 5.32 Å². The van der Waals surface area contributed by atoms with Gasteiger partial charge in [0.25, 0.3) is 0 Å². The lowest BCUT2D eigenvalue weighted by atomic mass is 9.81. The second kappa shape index (κ2) is 9.33. The molecule has 1 aliphatic carbocycles. The number of nitrogens with one attached hydrogen (secondary N) is 1. The van der Waals surface area contributed by atoms with Crippen molar-refractivity contribution in [1.29, 1.82) is 0 Å². The van der Waals surface area contributed by atoms with Gasteiger partial charge in [-0.05, 0) is 37.5 Å². The van der Waals surface area contributed by atoms with Crippen molar-refractivity contribution in [1.82, 2.24) is 10.2 Å². The summed E-state index contributed by atoms with van der Waals surface area (Å²) in [5.41, 5.74) is 0. The highest BCUT2D eigenvalue weighted by Crippen LogP contribution is 2.38. The van der Waals surface area contributed by atoms with Gasteiger partial charge in [-0.15, -0.1) is 0 Å². The van der Waals surface area contributed by atoms with E-state index in [1.54, 1.807) is 6.92 Å². The summed E-state index contributed by atoms with van der Waals surface area (Å²) in [5.74, 6) is -0.0158. The highest BCUT2D eigenvalue weighted by molar-refractivity contribution is 7.57. The van der Waals surface area contributed by atoms with E-state index in [4.69, 9.17) is 0 Å². The van der Waals surface area contributed by atoms with Crippen LogP contribution in [0.4, 0.5) is 0 Å². The average Bonchev–Trinajstić information content (AvgIpc) is 2.90. The second-order valence-electron chi connectivity index (χ2n) is 8.29. The molecule has 0 spiro atoms. The Balaban J connectivity index is 1.75. The molecule has 2 fully saturated rings. The molecular weight excluding hydrogens is 367 g/mol. The molecule has 0 aromatic rings. The minimum absolute atomic E-state index is 0.0424. The van der Waals surface area contributed by atoms with E-state index in [0.29, 0.717) is 13.0 Å². The molecule has 7 nitrogen and oxygen atoms in total. The number of likely N-dealkylation sites (tertiary alicyclic amines) is 1. The van der Waals surface area contributed by atoms with Crippen LogP contribution in [0.3, 0.4) is 0 Å². The number of imide groups is 1. The topological polar surface area (TPSA) is 104 Å². The predicted octanol–water partition coefficient (Wildman–Crippen LogP) is 2.23. The maximum atomic E-state index is 12.4. The SMILES string of the molecule is CCP(=O)(O)CCNC(=O)C1CCC(CN2C(=O)CC(C(C)C)C2=O)CC1. The molecule has 2 atom stereocenters. The van der Waals surface area contributed by atoms with Crippen LogP contribution in [-0.2, 0) is 18.9 Å². The number of nitrogens with zero attached hydrogens (tertiary/aromatic N) is 1. The van der Waals surface area contributed by atoms with Gasteiger partial charge in [-0.25, -0.2) is 0 Å². The zero-order chi connectivity index (χ0) is 20.2. The Hall–Kier alpha value is -1.20. The first-order valence-electron chi connectivity index (χ1n) is 10.1. The fraction of sp³-hybridized carbons (Fsp3) is 0.842. The smallest absolute Gasteiger partial charge is 0.233 e. The first-order valence-corrected chi connectivity index (χ1v) is 12.1. The van der Waals surface area contributed by atoms with Gasteiger partial charge in [-0.1, -0.05) is 20.8 Å². The lowest BCUT2D eigenvalue weighted by Crippen LogP contribution is -2.39. The molecular formula is C19H33N2O5P. The highest BCUT2D eigenvalue weighted by Gasteiger charge is 2.41. The summed E-state index contributed by atoms with van der Waals surface area (Å²) in [4.78, 5) is 47.8. The fourth-order valence-corrected chi connectivity index (χ4v) is 4.72. The maximum Gasteiger partial charge on any atom is 0.233 e. The number of rotatable bonds is 8. The van der Waals surface area contributed by atoms with Crippen molar-refractivity contribution in [3.05, 3.63) is 0 Å². The Kier molecular flexibility index (Phi) is 7.64. The van der Waals surface area contributed by atoms with Crippen molar-refractivity contribution in [2.45, 2.75) is 52.9 Å². The van der Waals surface area contributed by atoms with Crippen molar-refractivity contribution in [3.63, 3.8) is 0 Å². The van der Waals surface area contributed by atoms with Crippen molar-refractivity contribution in [2.24, 2.45) is 23.7 Å². The monoisotopic (exact) mass is 400 g/mol. The van der Waals surface area contributed by atoms with Gasteiger partial charge >= 0.3 is 0 Å². The summed E-state index contributed by atoms with van der Waals surface area (Å²) < 4.78 is 11.6. The lowest BCUT2D eigenvalue weighted by Gasteiger charge is -2.30. The largest absolute Gasteiger partial charge is 0.355 e. The summed E-state index contributed by atoms with van der Waals surface area (Å²) >= 11 is 0. The number of carbonyl (C=O) groups excluding carboxylic acids is 3. The van der Waals surface area contributed by atoms with Gasteiger partial charge in [0, 0.05) is 43.7 Å². The highest BCUT2D eigenvalue weighted by atomic mass is 31.2. The van der Waals surface area contributed by atoms with Crippen LogP contribution in [-0.4, -0.2) is 52.9 Å². The molecule has 0 bridgehead atoms. The summed E-state index contributed by atoms with van der Waals surface area (Å²) in [5, 5.41) is 2.77. The first kappa shape index (κ1) is 22.1. The van der Waals surface area contributed by atoms with Crippen molar-refractivity contribution in [2.75, 3.05) is 25.4 Å². The number of hydrogen-bond donors (Lipinski definition) is 2. The number of carbonyl (C=O) groups is 3. The van der Waals surface area contributed by atoms with Gasteiger partial charge in [-0.3, -0.25) is 23.8 Å². The Morgan fingerprint density at radius 2 is 1.89 bits per heavy atom. The minimum Gasteiger partial charge on any atom is -0.355 e. The average molecular weight is 400 g/mol. The summed E-state index contributed by atoms with van der Waals surface area (Å²) in [6.45, 7) is 6.31. The third-order valence-electron chi connectivity index (χ3n) is 6.00. The van der Waals surface area contributed by atoms with E-state index in [0.717, 1.165) is 25.7 Å². The van der Waals surface area contributed by atoms with Crippen LogP contribution >= 0.6 is 7.37 Å². The van der Waals surface area contributed by atoms with Crippen molar-refractivity contribution >= 4 is 25.1 Å². The fourth-order valence-electron chi connectivity index (χ4n) is 3.94. The van der Waals surface area contributed by atoms with E-state index < -0.39 is 7.37 Å². The molecule has 1 aliphatic heterocycles. The van der Waals surface area contributed by atoms with Gasteiger partial charge in [-0.2, -0.15) is 0 Å². The van der Waals surface area contributed by atoms with E-state index >= 15 is 0 Å². The molecule has 1 saturated carbocycles. The molecule has 0 aromatic carbocycles. The van der Waals surface area contributed by atoms with Crippen LogP contribution in [0.5, 0.6) is 0 Å². The molecule has 8 heteroatoms. The van der Waals surface area contributed by atoms with Crippen LogP contribution in [0, 0.1) is 23.7 Å². The minimum atomic E-state index is -3.11. The van der Waals surface area contributed by atoms with Gasteiger partial charge in [0.05, 0.1) is 0 Å². The Morgan fingerprint density at radius 1 is 1.26 bits per heavy atom. The molecule has 2 N–H and O–H groups in total. The number of hydrogen-bond acceptors (Lipinski definition) is 4.